The molecular weight excluding hydrogens is 252 g/mol. The molecule has 1 N–H and O–H groups in total. The molecule has 1 saturated heterocycles. The molecule has 0 aliphatic carbocycles. The average Bonchev–Trinajstić information content (AvgIpc) is 2.40. The van der Waals surface area contributed by atoms with Gasteiger partial charge in [0.25, 0.3) is 0 Å². The van der Waals surface area contributed by atoms with Gasteiger partial charge in [-0.05, 0) is 24.3 Å². The standard InChI is InChI=1S/C16H26N2O2/c1-15(2,3)16(19)8-10-18(11-9-16)12-13-6-5-7-14(17-13)20-4/h5-7,19H,8-12H2,1-4H3. The van der Waals surface area contributed by atoms with Crippen LogP contribution in [0.2, 0.25) is 0 Å². The minimum absolute atomic E-state index is 0.0622. The SMILES string of the molecule is COc1cccc(CN2CCC(O)(C(C)(C)C)CC2)n1. The molecule has 4 nitrogen and oxygen atoms in total. The fourth-order valence-corrected chi connectivity index (χ4v) is 2.72. The highest BCUT2D eigenvalue weighted by Gasteiger charge is 2.42. The summed E-state index contributed by atoms with van der Waals surface area (Å²) in [5.41, 5.74) is 0.407. The van der Waals surface area contributed by atoms with Crippen molar-refractivity contribution in [1.29, 1.82) is 0 Å². The van der Waals surface area contributed by atoms with Gasteiger partial charge >= 0.3 is 0 Å². The smallest absolute Gasteiger partial charge is 0.213 e. The molecule has 1 aliphatic heterocycles. The maximum atomic E-state index is 10.7. The zero-order valence-corrected chi connectivity index (χ0v) is 13.0. The van der Waals surface area contributed by atoms with Gasteiger partial charge in [-0.25, -0.2) is 4.98 Å². The number of likely N-dealkylation sites (tertiary alicyclic amines) is 1. The van der Waals surface area contributed by atoms with Crippen molar-refractivity contribution in [1.82, 2.24) is 9.88 Å². The molecule has 20 heavy (non-hydrogen) atoms. The predicted molar refractivity (Wildman–Crippen MR) is 79.7 cm³/mol. The van der Waals surface area contributed by atoms with Gasteiger partial charge in [0, 0.05) is 25.7 Å². The van der Waals surface area contributed by atoms with E-state index in [1.807, 2.05) is 18.2 Å². The molecule has 1 fully saturated rings. The Kier molecular flexibility index (Phi) is 4.35. The monoisotopic (exact) mass is 278 g/mol. The molecule has 0 saturated carbocycles. The molecule has 1 aromatic heterocycles. The van der Waals surface area contributed by atoms with E-state index >= 15 is 0 Å². The lowest BCUT2D eigenvalue weighted by Crippen LogP contribution is -2.51. The quantitative estimate of drug-likeness (QED) is 0.922. The Balaban J connectivity index is 1.94. The molecular formula is C16H26N2O2. The second-order valence-electron chi connectivity index (χ2n) is 6.73. The molecule has 2 rings (SSSR count). The number of rotatable bonds is 3. The highest BCUT2D eigenvalue weighted by Crippen LogP contribution is 2.38. The van der Waals surface area contributed by atoms with Crippen LogP contribution in [0, 0.1) is 5.41 Å². The van der Waals surface area contributed by atoms with Crippen molar-refractivity contribution < 1.29 is 9.84 Å². The highest BCUT2D eigenvalue weighted by molar-refractivity contribution is 5.15. The predicted octanol–water partition coefficient (Wildman–Crippen LogP) is 2.46. The van der Waals surface area contributed by atoms with Crippen LogP contribution < -0.4 is 4.74 Å². The Bertz CT molecular complexity index is 446. The topological polar surface area (TPSA) is 45.6 Å². The number of ether oxygens (including phenoxy) is 1. The Labute approximate surface area is 121 Å². The van der Waals surface area contributed by atoms with E-state index in [0.29, 0.717) is 5.88 Å². The zero-order valence-electron chi connectivity index (χ0n) is 13.0. The third-order valence-corrected chi connectivity index (χ3v) is 4.46. The van der Waals surface area contributed by atoms with Crippen molar-refractivity contribution in [2.24, 2.45) is 5.41 Å². The zero-order chi connectivity index (χ0) is 14.8. The molecule has 0 radical (unpaired) electrons. The Morgan fingerprint density at radius 1 is 1.30 bits per heavy atom. The van der Waals surface area contributed by atoms with Crippen LogP contribution in [-0.4, -0.2) is 40.8 Å². The summed E-state index contributed by atoms with van der Waals surface area (Å²) >= 11 is 0. The van der Waals surface area contributed by atoms with Crippen molar-refractivity contribution >= 4 is 0 Å². The molecule has 1 aromatic rings. The summed E-state index contributed by atoms with van der Waals surface area (Å²) in [7, 11) is 1.64. The Morgan fingerprint density at radius 3 is 2.50 bits per heavy atom. The summed E-state index contributed by atoms with van der Waals surface area (Å²) in [4.78, 5) is 6.79. The van der Waals surface area contributed by atoms with Crippen LogP contribution in [0.3, 0.4) is 0 Å². The van der Waals surface area contributed by atoms with E-state index in [0.717, 1.165) is 38.2 Å². The van der Waals surface area contributed by atoms with Gasteiger partial charge in [0.15, 0.2) is 0 Å². The lowest BCUT2D eigenvalue weighted by atomic mass is 9.71. The summed E-state index contributed by atoms with van der Waals surface area (Å²) in [5.74, 6) is 0.658. The number of pyridine rings is 1. The van der Waals surface area contributed by atoms with Gasteiger partial charge in [0.2, 0.25) is 5.88 Å². The van der Waals surface area contributed by atoms with Gasteiger partial charge < -0.3 is 9.84 Å². The second kappa shape index (κ2) is 5.70. The second-order valence-corrected chi connectivity index (χ2v) is 6.73. The molecule has 0 unspecified atom stereocenters. The summed E-state index contributed by atoms with van der Waals surface area (Å²) < 4.78 is 5.15. The number of aromatic nitrogens is 1. The highest BCUT2D eigenvalue weighted by atomic mass is 16.5. The number of nitrogens with zero attached hydrogens (tertiary/aromatic N) is 2. The average molecular weight is 278 g/mol. The number of hydrogen-bond acceptors (Lipinski definition) is 4. The Morgan fingerprint density at radius 2 is 1.95 bits per heavy atom. The van der Waals surface area contributed by atoms with E-state index in [-0.39, 0.29) is 5.41 Å². The van der Waals surface area contributed by atoms with E-state index in [1.54, 1.807) is 7.11 Å². The van der Waals surface area contributed by atoms with E-state index in [1.165, 1.54) is 0 Å². The molecule has 4 heteroatoms. The normalized spacial score (nSPS) is 19.9. The first-order chi connectivity index (χ1) is 9.34. The van der Waals surface area contributed by atoms with Crippen LogP contribution in [0.25, 0.3) is 0 Å². The van der Waals surface area contributed by atoms with E-state index in [2.05, 4.69) is 30.7 Å². The van der Waals surface area contributed by atoms with Gasteiger partial charge in [0.1, 0.15) is 0 Å². The lowest BCUT2D eigenvalue weighted by Gasteiger charge is -2.46. The van der Waals surface area contributed by atoms with Crippen molar-refractivity contribution in [3.63, 3.8) is 0 Å². The van der Waals surface area contributed by atoms with Gasteiger partial charge in [0.05, 0.1) is 18.4 Å². The van der Waals surface area contributed by atoms with Crippen LogP contribution in [0.5, 0.6) is 5.88 Å². The van der Waals surface area contributed by atoms with Gasteiger partial charge in [-0.1, -0.05) is 26.8 Å². The van der Waals surface area contributed by atoms with Gasteiger partial charge in [-0.2, -0.15) is 0 Å². The number of methoxy groups -OCH3 is 1. The van der Waals surface area contributed by atoms with Crippen molar-refractivity contribution in [2.45, 2.75) is 45.8 Å². The molecule has 2 heterocycles. The van der Waals surface area contributed by atoms with Crippen molar-refractivity contribution in [3.05, 3.63) is 23.9 Å². The molecule has 112 valence electrons. The molecule has 0 amide bonds. The summed E-state index contributed by atoms with van der Waals surface area (Å²) in [6.07, 6.45) is 1.64. The fourth-order valence-electron chi connectivity index (χ4n) is 2.72. The first-order valence-electron chi connectivity index (χ1n) is 7.29. The van der Waals surface area contributed by atoms with E-state index < -0.39 is 5.60 Å². The Hall–Kier alpha value is -1.13. The van der Waals surface area contributed by atoms with Crippen molar-refractivity contribution in [3.8, 4) is 5.88 Å². The molecule has 1 aliphatic rings. The summed E-state index contributed by atoms with van der Waals surface area (Å²) in [5, 5.41) is 10.7. The molecule has 0 aromatic carbocycles. The number of hydrogen-bond donors (Lipinski definition) is 1. The van der Waals surface area contributed by atoms with Crippen LogP contribution in [0.15, 0.2) is 18.2 Å². The molecule has 0 bridgehead atoms. The molecule has 0 atom stereocenters. The maximum absolute atomic E-state index is 10.7. The third-order valence-electron chi connectivity index (χ3n) is 4.46. The largest absolute Gasteiger partial charge is 0.481 e. The van der Waals surface area contributed by atoms with Crippen LogP contribution in [0.1, 0.15) is 39.3 Å². The summed E-state index contributed by atoms with van der Waals surface area (Å²) in [6.45, 7) is 8.99. The lowest BCUT2D eigenvalue weighted by molar-refractivity contribution is -0.1000. The summed E-state index contributed by atoms with van der Waals surface area (Å²) in [6, 6.07) is 5.85. The van der Waals surface area contributed by atoms with Crippen LogP contribution >= 0.6 is 0 Å². The molecule has 0 spiro atoms. The fraction of sp³-hybridized carbons (Fsp3) is 0.688. The van der Waals surface area contributed by atoms with Crippen LogP contribution in [0.4, 0.5) is 0 Å². The minimum Gasteiger partial charge on any atom is -0.481 e. The minimum atomic E-state index is -0.550. The van der Waals surface area contributed by atoms with Gasteiger partial charge in [-0.15, -0.1) is 0 Å². The van der Waals surface area contributed by atoms with Gasteiger partial charge in [-0.3, -0.25) is 4.90 Å². The van der Waals surface area contributed by atoms with E-state index in [4.69, 9.17) is 4.74 Å². The van der Waals surface area contributed by atoms with Crippen LogP contribution in [-0.2, 0) is 6.54 Å². The first kappa shape index (κ1) is 15.3. The first-order valence-corrected chi connectivity index (χ1v) is 7.29. The van der Waals surface area contributed by atoms with E-state index in [9.17, 15) is 5.11 Å². The number of piperidine rings is 1. The van der Waals surface area contributed by atoms with Crippen molar-refractivity contribution in [2.75, 3.05) is 20.2 Å². The maximum Gasteiger partial charge on any atom is 0.213 e. The number of aliphatic hydroxyl groups is 1. The third kappa shape index (κ3) is 3.30.